The summed E-state index contributed by atoms with van der Waals surface area (Å²) in [4.78, 5) is 14.1. The van der Waals surface area contributed by atoms with Crippen LogP contribution in [0.3, 0.4) is 0 Å². The zero-order chi connectivity index (χ0) is 20.1. The lowest BCUT2D eigenvalue weighted by Crippen LogP contribution is -2.31. The smallest absolute Gasteiger partial charge is 0.337 e. The number of nitrogens with zero attached hydrogens (tertiary/aromatic N) is 1. The van der Waals surface area contributed by atoms with Crippen LogP contribution < -0.4 is 15.5 Å². The van der Waals surface area contributed by atoms with Crippen LogP contribution in [0.15, 0.2) is 42.5 Å². The van der Waals surface area contributed by atoms with E-state index in [4.69, 9.17) is 28.6 Å². The van der Waals surface area contributed by atoms with E-state index in [0.29, 0.717) is 21.4 Å². The number of nitrogens with one attached hydrogen (secondary N) is 2. The van der Waals surface area contributed by atoms with Gasteiger partial charge in [0, 0.05) is 18.8 Å². The number of anilines is 2. The molecule has 2 aromatic carbocycles. The molecular formula is C21H24ClN3O2S. The number of carbonyl (C=O) groups excluding carboxylic acids is 1. The van der Waals surface area contributed by atoms with Crippen molar-refractivity contribution in [1.29, 1.82) is 0 Å². The van der Waals surface area contributed by atoms with Gasteiger partial charge in [0.1, 0.15) is 0 Å². The van der Waals surface area contributed by atoms with Crippen LogP contribution in [0.25, 0.3) is 0 Å². The lowest BCUT2D eigenvalue weighted by Gasteiger charge is -2.21. The summed E-state index contributed by atoms with van der Waals surface area (Å²) in [6, 6.07) is 13.5. The van der Waals surface area contributed by atoms with E-state index >= 15 is 0 Å². The first-order valence-electron chi connectivity index (χ1n) is 9.28. The Labute approximate surface area is 176 Å². The van der Waals surface area contributed by atoms with Gasteiger partial charge in [0.2, 0.25) is 0 Å². The highest BCUT2D eigenvalue weighted by Crippen LogP contribution is 2.25. The Bertz CT molecular complexity index is 851. The number of rotatable bonds is 5. The molecule has 0 spiro atoms. The second-order valence-electron chi connectivity index (χ2n) is 6.79. The van der Waals surface area contributed by atoms with Crippen LogP contribution in [-0.2, 0) is 4.74 Å². The third kappa shape index (κ3) is 4.94. The van der Waals surface area contributed by atoms with Gasteiger partial charge in [0.15, 0.2) is 5.11 Å². The Morgan fingerprint density at radius 2 is 1.86 bits per heavy atom. The molecule has 148 valence electrons. The zero-order valence-corrected chi connectivity index (χ0v) is 17.6. The maximum atomic E-state index is 11.7. The number of benzene rings is 2. The molecular weight excluding hydrogens is 394 g/mol. The summed E-state index contributed by atoms with van der Waals surface area (Å²) in [6.07, 6.45) is 2.53. The maximum Gasteiger partial charge on any atom is 0.337 e. The molecule has 0 unspecified atom stereocenters. The van der Waals surface area contributed by atoms with Crippen LogP contribution in [-0.4, -0.2) is 31.3 Å². The van der Waals surface area contributed by atoms with E-state index in [1.54, 1.807) is 18.2 Å². The standard InChI is InChI=1S/C21H24ClN3O2S/c1-14(15-5-8-17(9-6-15)25-11-3-4-12-25)23-21(28)24-19-13-16(20(26)27-2)7-10-18(19)22/h5-10,13-14H,3-4,11-12H2,1-2H3,(H2,23,24,28)/t14-/m1/s1. The molecule has 1 aliphatic heterocycles. The molecule has 3 rings (SSSR count). The summed E-state index contributed by atoms with van der Waals surface area (Å²) in [5.74, 6) is -0.426. The summed E-state index contributed by atoms with van der Waals surface area (Å²) in [7, 11) is 1.34. The van der Waals surface area contributed by atoms with E-state index in [2.05, 4.69) is 39.8 Å². The lowest BCUT2D eigenvalue weighted by atomic mass is 10.1. The fraction of sp³-hybridized carbons (Fsp3) is 0.333. The van der Waals surface area contributed by atoms with Crippen LogP contribution in [0, 0.1) is 0 Å². The van der Waals surface area contributed by atoms with Crippen LogP contribution >= 0.6 is 23.8 Å². The molecule has 0 radical (unpaired) electrons. The Morgan fingerprint density at radius 1 is 1.18 bits per heavy atom. The number of hydrogen-bond donors (Lipinski definition) is 2. The van der Waals surface area contributed by atoms with Crippen LogP contribution in [0.4, 0.5) is 11.4 Å². The third-order valence-corrected chi connectivity index (χ3v) is 5.40. The predicted molar refractivity (Wildman–Crippen MR) is 118 cm³/mol. The van der Waals surface area contributed by atoms with Crippen molar-refractivity contribution < 1.29 is 9.53 Å². The van der Waals surface area contributed by atoms with Gasteiger partial charge < -0.3 is 20.3 Å². The molecule has 1 fully saturated rings. The third-order valence-electron chi connectivity index (χ3n) is 4.85. The molecule has 5 nitrogen and oxygen atoms in total. The molecule has 2 aromatic rings. The van der Waals surface area contributed by atoms with Crippen molar-refractivity contribution in [3.8, 4) is 0 Å². The molecule has 1 saturated heterocycles. The lowest BCUT2D eigenvalue weighted by molar-refractivity contribution is 0.0601. The van der Waals surface area contributed by atoms with E-state index in [0.717, 1.165) is 18.7 Å². The Morgan fingerprint density at radius 3 is 2.50 bits per heavy atom. The topological polar surface area (TPSA) is 53.6 Å². The number of hydrogen-bond acceptors (Lipinski definition) is 4. The summed E-state index contributed by atoms with van der Waals surface area (Å²) < 4.78 is 4.74. The molecule has 1 aliphatic rings. The van der Waals surface area contributed by atoms with Gasteiger partial charge >= 0.3 is 5.97 Å². The van der Waals surface area contributed by atoms with Crippen LogP contribution in [0.2, 0.25) is 5.02 Å². The van der Waals surface area contributed by atoms with Crippen molar-refractivity contribution in [2.45, 2.75) is 25.8 Å². The van der Waals surface area contributed by atoms with E-state index in [1.807, 2.05) is 6.92 Å². The molecule has 0 amide bonds. The van der Waals surface area contributed by atoms with Gasteiger partial charge in [-0.05, 0) is 67.9 Å². The zero-order valence-electron chi connectivity index (χ0n) is 16.0. The highest BCUT2D eigenvalue weighted by Gasteiger charge is 2.14. The molecule has 0 aliphatic carbocycles. The molecule has 0 saturated carbocycles. The quantitative estimate of drug-likeness (QED) is 0.539. The number of ether oxygens (including phenoxy) is 1. The average molecular weight is 418 g/mol. The molecule has 0 bridgehead atoms. The minimum Gasteiger partial charge on any atom is -0.465 e. The van der Waals surface area contributed by atoms with Crippen LogP contribution in [0.5, 0.6) is 0 Å². The van der Waals surface area contributed by atoms with Crippen molar-refractivity contribution >= 4 is 46.3 Å². The van der Waals surface area contributed by atoms with E-state index < -0.39 is 5.97 Å². The van der Waals surface area contributed by atoms with Crippen LogP contribution in [0.1, 0.15) is 41.7 Å². The molecule has 2 N–H and O–H groups in total. The summed E-state index contributed by atoms with van der Waals surface area (Å²) in [5.41, 5.74) is 3.36. The van der Waals surface area contributed by atoms with Gasteiger partial charge in [-0.3, -0.25) is 0 Å². The number of halogens is 1. The SMILES string of the molecule is COC(=O)c1ccc(Cl)c(NC(=S)N[C@H](C)c2ccc(N3CCCC3)cc2)c1. The first kappa shape index (κ1) is 20.4. The summed E-state index contributed by atoms with van der Waals surface area (Å²) in [6.45, 7) is 4.31. The number of thiocarbonyl (C=S) groups is 1. The maximum absolute atomic E-state index is 11.7. The summed E-state index contributed by atoms with van der Waals surface area (Å²) in [5, 5.41) is 7.22. The van der Waals surface area contributed by atoms with Gasteiger partial charge in [-0.25, -0.2) is 4.79 Å². The van der Waals surface area contributed by atoms with E-state index in [1.165, 1.54) is 25.6 Å². The molecule has 7 heteroatoms. The Hall–Kier alpha value is -2.31. The normalized spacial score (nSPS) is 14.5. The Balaban J connectivity index is 1.62. The largest absolute Gasteiger partial charge is 0.465 e. The van der Waals surface area contributed by atoms with E-state index in [-0.39, 0.29) is 6.04 Å². The molecule has 1 atom stereocenters. The second kappa shape index (κ2) is 9.26. The van der Waals surface area contributed by atoms with Crippen molar-refractivity contribution in [2.75, 3.05) is 30.4 Å². The first-order valence-corrected chi connectivity index (χ1v) is 10.1. The van der Waals surface area contributed by atoms with Gasteiger partial charge in [-0.1, -0.05) is 23.7 Å². The minimum atomic E-state index is -0.426. The van der Waals surface area contributed by atoms with Crippen molar-refractivity contribution in [1.82, 2.24) is 5.32 Å². The van der Waals surface area contributed by atoms with Crippen molar-refractivity contribution in [2.24, 2.45) is 0 Å². The predicted octanol–water partition coefficient (Wildman–Crippen LogP) is 4.77. The molecule has 28 heavy (non-hydrogen) atoms. The first-order chi connectivity index (χ1) is 13.5. The monoisotopic (exact) mass is 417 g/mol. The Kier molecular flexibility index (Phi) is 6.75. The second-order valence-corrected chi connectivity index (χ2v) is 7.61. The van der Waals surface area contributed by atoms with E-state index in [9.17, 15) is 4.79 Å². The summed E-state index contributed by atoms with van der Waals surface area (Å²) >= 11 is 11.6. The fourth-order valence-corrected chi connectivity index (χ4v) is 3.70. The molecule has 0 aromatic heterocycles. The minimum absolute atomic E-state index is 0.0233. The number of esters is 1. The highest BCUT2D eigenvalue weighted by molar-refractivity contribution is 7.80. The van der Waals surface area contributed by atoms with Crippen molar-refractivity contribution in [3.63, 3.8) is 0 Å². The number of methoxy groups -OCH3 is 1. The highest BCUT2D eigenvalue weighted by atomic mass is 35.5. The number of carbonyl (C=O) groups is 1. The van der Waals surface area contributed by atoms with Gasteiger partial charge in [0.05, 0.1) is 29.4 Å². The fourth-order valence-electron chi connectivity index (χ4n) is 3.25. The van der Waals surface area contributed by atoms with Gasteiger partial charge in [-0.2, -0.15) is 0 Å². The van der Waals surface area contributed by atoms with Crippen molar-refractivity contribution in [3.05, 3.63) is 58.6 Å². The average Bonchev–Trinajstić information content (AvgIpc) is 3.24. The molecule has 1 heterocycles. The van der Waals surface area contributed by atoms with Gasteiger partial charge in [-0.15, -0.1) is 0 Å². The van der Waals surface area contributed by atoms with Gasteiger partial charge in [0.25, 0.3) is 0 Å².